The monoisotopic (exact) mass is 421 g/mol. The summed E-state index contributed by atoms with van der Waals surface area (Å²) in [6.45, 7) is 1.77. The third-order valence-electron chi connectivity index (χ3n) is 4.30. The number of thioether (sulfide) groups is 1. The minimum Gasteiger partial charge on any atom is -0.477 e. The summed E-state index contributed by atoms with van der Waals surface area (Å²) in [4.78, 5) is 30.0. The Kier molecular flexibility index (Phi) is 5.11. The van der Waals surface area contributed by atoms with E-state index in [1.807, 2.05) is 24.3 Å². The largest absolute Gasteiger partial charge is 0.477 e. The van der Waals surface area contributed by atoms with Crippen molar-refractivity contribution in [1.82, 2.24) is 9.97 Å². The predicted molar refractivity (Wildman–Crippen MR) is 113 cm³/mol. The summed E-state index contributed by atoms with van der Waals surface area (Å²) in [6.07, 6.45) is 1.36. The zero-order valence-electron chi connectivity index (χ0n) is 15.7. The molecule has 0 aliphatic carbocycles. The maximum atomic E-state index is 11.7. The van der Waals surface area contributed by atoms with Gasteiger partial charge in [0.2, 0.25) is 0 Å². The van der Waals surface area contributed by atoms with Crippen molar-refractivity contribution in [3.8, 4) is 11.3 Å². The molecule has 0 spiro atoms. The number of aliphatic carboxylic acids is 1. The van der Waals surface area contributed by atoms with Crippen LogP contribution < -0.4 is 0 Å². The van der Waals surface area contributed by atoms with Gasteiger partial charge >= 0.3 is 5.97 Å². The van der Waals surface area contributed by atoms with Gasteiger partial charge in [-0.3, -0.25) is 10.1 Å². The first-order valence-electron chi connectivity index (χ1n) is 8.83. The Bertz CT molecular complexity index is 1270. The number of nitro groups is 1. The van der Waals surface area contributed by atoms with Crippen molar-refractivity contribution in [2.24, 2.45) is 0 Å². The molecule has 0 atom stereocenters. The average Bonchev–Trinajstić information content (AvgIpc) is 3.33. The van der Waals surface area contributed by atoms with Crippen molar-refractivity contribution in [2.75, 3.05) is 0 Å². The number of carboxylic acids is 1. The average molecular weight is 421 g/mol. The molecule has 0 saturated carbocycles. The Labute approximate surface area is 174 Å². The van der Waals surface area contributed by atoms with Crippen LogP contribution >= 0.6 is 11.8 Å². The molecule has 2 aromatic carbocycles. The Balaban J connectivity index is 1.65. The van der Waals surface area contributed by atoms with Crippen LogP contribution in [0.1, 0.15) is 11.3 Å². The van der Waals surface area contributed by atoms with Crippen LogP contribution in [0.4, 0.5) is 5.69 Å². The van der Waals surface area contributed by atoms with Crippen molar-refractivity contribution in [3.05, 3.63) is 80.9 Å². The second-order valence-electron chi connectivity index (χ2n) is 6.45. The van der Waals surface area contributed by atoms with Crippen LogP contribution in [0, 0.1) is 17.0 Å². The molecule has 0 bridgehead atoms. The van der Waals surface area contributed by atoms with E-state index in [0.29, 0.717) is 10.7 Å². The molecule has 0 aliphatic rings. The van der Waals surface area contributed by atoms with Crippen molar-refractivity contribution in [1.29, 1.82) is 0 Å². The summed E-state index contributed by atoms with van der Waals surface area (Å²) in [7, 11) is 0. The molecule has 0 fully saturated rings. The zero-order valence-corrected chi connectivity index (χ0v) is 16.5. The van der Waals surface area contributed by atoms with E-state index in [0.717, 1.165) is 28.4 Å². The van der Waals surface area contributed by atoms with E-state index in [1.165, 1.54) is 12.1 Å². The van der Waals surface area contributed by atoms with Crippen molar-refractivity contribution in [3.63, 3.8) is 0 Å². The number of furan rings is 1. The van der Waals surface area contributed by atoms with Crippen LogP contribution in [-0.4, -0.2) is 26.0 Å². The number of nitrogens with one attached hydrogen (secondary N) is 1. The maximum Gasteiger partial charge on any atom is 0.342 e. The van der Waals surface area contributed by atoms with Gasteiger partial charge in [-0.1, -0.05) is 18.2 Å². The molecule has 9 heteroatoms. The quantitative estimate of drug-likeness (QED) is 0.188. The second-order valence-corrected chi connectivity index (χ2v) is 7.49. The molecular weight excluding hydrogens is 406 g/mol. The van der Waals surface area contributed by atoms with Gasteiger partial charge in [0.05, 0.1) is 21.5 Å². The topological polar surface area (TPSA) is 122 Å². The third-order valence-corrected chi connectivity index (χ3v) is 5.20. The number of carboxylic acid groups (broad SMARTS) is 1. The molecule has 0 radical (unpaired) electrons. The van der Waals surface area contributed by atoms with Crippen LogP contribution in [-0.2, 0) is 4.79 Å². The number of aryl methyl sites for hydroxylation is 1. The fraction of sp³-hybridized carbons (Fsp3) is 0.0476. The summed E-state index contributed by atoms with van der Waals surface area (Å²) in [5.74, 6) is -0.591. The van der Waals surface area contributed by atoms with Crippen LogP contribution in [0.2, 0.25) is 0 Å². The first kappa shape index (κ1) is 19.5. The molecule has 2 heterocycles. The second kappa shape index (κ2) is 7.88. The fourth-order valence-corrected chi connectivity index (χ4v) is 3.70. The molecule has 0 amide bonds. The SMILES string of the molecule is Cc1ccc(-c2ccc(/C=C(\Sc3nc4ccccc4[nH]3)C(=O)O)o2)c([N+](=O)[O-])c1. The molecule has 0 unspecified atom stereocenters. The molecule has 2 aromatic heterocycles. The summed E-state index contributed by atoms with van der Waals surface area (Å²) in [5.41, 5.74) is 2.54. The smallest absolute Gasteiger partial charge is 0.342 e. The van der Waals surface area contributed by atoms with E-state index in [4.69, 9.17) is 4.42 Å². The lowest BCUT2D eigenvalue weighted by molar-refractivity contribution is -0.384. The Morgan fingerprint density at radius 1 is 1.23 bits per heavy atom. The minimum absolute atomic E-state index is 0.00615. The van der Waals surface area contributed by atoms with Crippen LogP contribution in [0.5, 0.6) is 0 Å². The highest BCUT2D eigenvalue weighted by atomic mass is 32.2. The molecule has 0 aliphatic heterocycles. The number of aromatic amines is 1. The molecule has 4 aromatic rings. The van der Waals surface area contributed by atoms with Gasteiger partial charge in [0.25, 0.3) is 5.69 Å². The number of aromatic nitrogens is 2. The van der Waals surface area contributed by atoms with Crippen molar-refractivity contribution in [2.45, 2.75) is 12.1 Å². The van der Waals surface area contributed by atoms with Crippen LogP contribution in [0.25, 0.3) is 28.4 Å². The first-order chi connectivity index (χ1) is 14.4. The number of hydrogen-bond acceptors (Lipinski definition) is 6. The number of benzene rings is 2. The van der Waals surface area contributed by atoms with E-state index in [9.17, 15) is 20.0 Å². The summed E-state index contributed by atoms with van der Waals surface area (Å²) < 4.78 is 5.69. The lowest BCUT2D eigenvalue weighted by Gasteiger charge is -2.01. The summed E-state index contributed by atoms with van der Waals surface area (Å²) in [5, 5.41) is 21.4. The number of fused-ring (bicyclic) bond motifs is 1. The van der Waals surface area contributed by atoms with Gasteiger partial charge in [0, 0.05) is 12.1 Å². The number of carbonyl (C=O) groups is 1. The Hall–Kier alpha value is -3.85. The fourth-order valence-electron chi connectivity index (χ4n) is 2.92. The Morgan fingerprint density at radius 3 is 2.77 bits per heavy atom. The minimum atomic E-state index is -1.14. The lowest BCUT2D eigenvalue weighted by Crippen LogP contribution is -1.96. The molecular formula is C21H15N3O5S. The Morgan fingerprint density at radius 2 is 2.03 bits per heavy atom. The highest BCUT2D eigenvalue weighted by Crippen LogP contribution is 2.34. The van der Waals surface area contributed by atoms with Gasteiger partial charge in [-0.05, 0) is 54.6 Å². The van der Waals surface area contributed by atoms with Crippen molar-refractivity contribution < 1.29 is 19.2 Å². The van der Waals surface area contributed by atoms with E-state index in [1.54, 1.807) is 31.2 Å². The number of nitro benzene ring substituents is 1. The normalized spacial score (nSPS) is 11.7. The molecule has 8 nitrogen and oxygen atoms in total. The molecule has 0 saturated heterocycles. The zero-order chi connectivity index (χ0) is 21.3. The van der Waals surface area contributed by atoms with Gasteiger partial charge in [-0.15, -0.1) is 0 Å². The maximum absolute atomic E-state index is 11.7. The van der Waals surface area contributed by atoms with Gasteiger partial charge in [-0.25, -0.2) is 9.78 Å². The molecule has 150 valence electrons. The van der Waals surface area contributed by atoms with E-state index in [2.05, 4.69) is 9.97 Å². The predicted octanol–water partition coefficient (Wildman–Crippen LogP) is 5.26. The van der Waals surface area contributed by atoms with E-state index >= 15 is 0 Å². The number of nitrogens with zero attached hydrogens (tertiary/aromatic N) is 2. The number of rotatable bonds is 6. The molecule has 30 heavy (non-hydrogen) atoms. The summed E-state index contributed by atoms with van der Waals surface area (Å²) >= 11 is 0.959. The van der Waals surface area contributed by atoms with Gasteiger partial charge in [-0.2, -0.15) is 0 Å². The highest BCUT2D eigenvalue weighted by Gasteiger charge is 2.19. The number of imidazole rings is 1. The van der Waals surface area contributed by atoms with Crippen LogP contribution in [0.3, 0.4) is 0 Å². The lowest BCUT2D eigenvalue weighted by atomic mass is 10.1. The first-order valence-corrected chi connectivity index (χ1v) is 9.65. The molecule has 2 N–H and O–H groups in total. The van der Waals surface area contributed by atoms with Crippen molar-refractivity contribution >= 4 is 40.5 Å². The van der Waals surface area contributed by atoms with Gasteiger partial charge in [0.1, 0.15) is 16.4 Å². The third kappa shape index (κ3) is 3.96. The summed E-state index contributed by atoms with van der Waals surface area (Å²) in [6, 6.07) is 15.4. The van der Waals surface area contributed by atoms with E-state index in [-0.39, 0.29) is 22.1 Å². The van der Waals surface area contributed by atoms with E-state index < -0.39 is 10.9 Å². The van der Waals surface area contributed by atoms with Gasteiger partial charge in [0.15, 0.2) is 5.16 Å². The van der Waals surface area contributed by atoms with Crippen LogP contribution in [0.15, 0.2) is 69.1 Å². The number of hydrogen-bond donors (Lipinski definition) is 2. The standard InChI is InChI=1S/C21H15N3O5S/c1-12-6-8-14(17(10-12)24(27)28)18-9-7-13(29-18)11-19(20(25)26)30-21-22-15-4-2-3-5-16(15)23-21/h2-11H,1H3,(H,22,23)(H,25,26)/b19-11-. The van der Waals surface area contributed by atoms with Gasteiger partial charge < -0.3 is 14.5 Å². The number of para-hydroxylation sites is 2. The highest BCUT2D eigenvalue weighted by molar-refractivity contribution is 8.04. The number of H-pyrrole nitrogens is 1. The molecule has 4 rings (SSSR count).